The molecule has 2 N–H and O–H groups in total. The number of rotatable bonds is 12. The second-order valence-electron chi connectivity index (χ2n) is 5.65. The van der Waals surface area contributed by atoms with Gasteiger partial charge < -0.3 is 15.4 Å². The minimum absolute atomic E-state index is 0.0143. The second-order valence-corrected chi connectivity index (χ2v) is 9.08. The first-order valence-corrected chi connectivity index (χ1v) is 11.8. The first-order chi connectivity index (χ1) is 13.6. The van der Waals surface area contributed by atoms with Crippen molar-refractivity contribution in [2.45, 2.75) is 35.4 Å². The van der Waals surface area contributed by atoms with Crippen molar-refractivity contribution in [3.8, 4) is 5.75 Å². The van der Waals surface area contributed by atoms with E-state index in [1.165, 1.54) is 34.9 Å². The van der Waals surface area contributed by atoms with E-state index in [-0.39, 0.29) is 17.6 Å². The minimum Gasteiger partial charge on any atom is -0.491 e. The van der Waals surface area contributed by atoms with Gasteiger partial charge in [-0.15, -0.1) is 10.2 Å². The van der Waals surface area contributed by atoms with Crippen LogP contribution in [0.1, 0.15) is 26.7 Å². The number of anilines is 1. The van der Waals surface area contributed by atoms with Gasteiger partial charge in [0.05, 0.1) is 23.8 Å². The van der Waals surface area contributed by atoms with E-state index in [1.807, 2.05) is 38.1 Å². The van der Waals surface area contributed by atoms with Gasteiger partial charge in [-0.2, -0.15) is 0 Å². The second kappa shape index (κ2) is 12.6. The highest BCUT2D eigenvalue weighted by molar-refractivity contribution is 8.03. The largest absolute Gasteiger partial charge is 0.491 e. The summed E-state index contributed by atoms with van der Waals surface area (Å²) >= 11 is 4.05. The van der Waals surface area contributed by atoms with Crippen molar-refractivity contribution in [3.05, 3.63) is 24.3 Å². The van der Waals surface area contributed by atoms with Gasteiger partial charge in [0.25, 0.3) is 0 Å². The number of carbonyl (C=O) groups excluding carboxylic acids is 2. The first kappa shape index (κ1) is 22.5. The summed E-state index contributed by atoms with van der Waals surface area (Å²) < 4.78 is 7.06. The molecule has 0 fully saturated rings. The maximum atomic E-state index is 12.2. The maximum absolute atomic E-state index is 12.2. The third-order valence-electron chi connectivity index (χ3n) is 3.24. The van der Waals surface area contributed by atoms with Crippen molar-refractivity contribution in [3.63, 3.8) is 0 Å². The monoisotopic (exact) mass is 440 g/mol. The van der Waals surface area contributed by atoms with Crippen LogP contribution in [0.4, 0.5) is 5.69 Å². The molecule has 0 unspecified atom stereocenters. The summed E-state index contributed by atoms with van der Waals surface area (Å²) in [5.41, 5.74) is 0.660. The van der Waals surface area contributed by atoms with Crippen molar-refractivity contribution >= 4 is 52.4 Å². The van der Waals surface area contributed by atoms with E-state index in [4.69, 9.17) is 4.74 Å². The Kier molecular flexibility index (Phi) is 10.2. The van der Waals surface area contributed by atoms with Crippen molar-refractivity contribution < 1.29 is 14.3 Å². The van der Waals surface area contributed by atoms with Crippen LogP contribution in [0.15, 0.2) is 32.9 Å². The number of ether oxygens (including phenoxy) is 1. The SMILES string of the molecule is CCCNC(=O)CSc1nnc(SCC(=O)Nc2ccccc2OCCC)s1. The average molecular weight is 441 g/mol. The Labute approximate surface area is 177 Å². The predicted molar refractivity (Wildman–Crippen MR) is 116 cm³/mol. The normalized spacial score (nSPS) is 10.5. The maximum Gasteiger partial charge on any atom is 0.234 e. The smallest absolute Gasteiger partial charge is 0.234 e. The van der Waals surface area contributed by atoms with Gasteiger partial charge in [-0.05, 0) is 25.0 Å². The van der Waals surface area contributed by atoms with Gasteiger partial charge in [0, 0.05) is 6.54 Å². The zero-order valence-corrected chi connectivity index (χ0v) is 18.3. The fourth-order valence-electron chi connectivity index (χ4n) is 1.98. The van der Waals surface area contributed by atoms with Crippen LogP contribution in [0.2, 0.25) is 0 Å². The summed E-state index contributed by atoms with van der Waals surface area (Å²) in [5, 5.41) is 13.8. The molecule has 10 heteroatoms. The van der Waals surface area contributed by atoms with Crippen molar-refractivity contribution in [2.24, 2.45) is 0 Å². The number of benzene rings is 1. The highest BCUT2D eigenvalue weighted by atomic mass is 32.2. The van der Waals surface area contributed by atoms with Crippen LogP contribution in [0.5, 0.6) is 5.75 Å². The number of hydrogen-bond acceptors (Lipinski definition) is 8. The molecule has 0 radical (unpaired) electrons. The third-order valence-corrected chi connectivity index (χ3v) is 6.43. The Morgan fingerprint density at radius 2 is 1.71 bits per heavy atom. The van der Waals surface area contributed by atoms with E-state index in [0.717, 1.165) is 12.8 Å². The number of amides is 2. The molecule has 0 saturated heterocycles. The molecule has 1 aromatic heterocycles. The quantitative estimate of drug-likeness (QED) is 0.486. The van der Waals surface area contributed by atoms with Crippen LogP contribution in [-0.4, -0.2) is 46.7 Å². The van der Waals surface area contributed by atoms with E-state index in [2.05, 4.69) is 20.8 Å². The van der Waals surface area contributed by atoms with Crippen LogP contribution in [0.3, 0.4) is 0 Å². The van der Waals surface area contributed by atoms with Gasteiger partial charge >= 0.3 is 0 Å². The molecule has 0 aliphatic carbocycles. The van der Waals surface area contributed by atoms with Crippen LogP contribution in [-0.2, 0) is 9.59 Å². The van der Waals surface area contributed by atoms with E-state index in [9.17, 15) is 9.59 Å². The molecule has 0 aliphatic heterocycles. The molecule has 28 heavy (non-hydrogen) atoms. The van der Waals surface area contributed by atoms with E-state index < -0.39 is 0 Å². The van der Waals surface area contributed by atoms with Gasteiger partial charge in [-0.3, -0.25) is 9.59 Å². The number of hydrogen-bond donors (Lipinski definition) is 2. The number of nitrogens with zero attached hydrogens (tertiary/aromatic N) is 2. The summed E-state index contributed by atoms with van der Waals surface area (Å²) in [6, 6.07) is 7.38. The fourth-order valence-corrected chi connectivity index (χ4v) is 4.63. The molecule has 0 bridgehead atoms. The molecule has 0 spiro atoms. The van der Waals surface area contributed by atoms with Gasteiger partial charge in [-0.25, -0.2) is 0 Å². The average Bonchev–Trinajstić information content (AvgIpc) is 3.16. The predicted octanol–water partition coefficient (Wildman–Crippen LogP) is 3.68. The number of carbonyl (C=O) groups is 2. The lowest BCUT2D eigenvalue weighted by Gasteiger charge is -2.11. The van der Waals surface area contributed by atoms with Crippen molar-refractivity contribution in [1.82, 2.24) is 15.5 Å². The Balaban J connectivity index is 1.78. The molecule has 0 atom stereocenters. The van der Waals surface area contributed by atoms with Gasteiger partial charge in [0.2, 0.25) is 11.8 Å². The Morgan fingerprint density at radius 3 is 2.39 bits per heavy atom. The zero-order chi connectivity index (χ0) is 20.2. The number of thioether (sulfide) groups is 2. The molecule has 7 nitrogen and oxygen atoms in total. The van der Waals surface area contributed by atoms with Gasteiger partial charge in [0.1, 0.15) is 5.75 Å². The molecule has 1 heterocycles. The van der Waals surface area contributed by atoms with Crippen LogP contribution < -0.4 is 15.4 Å². The molecule has 0 aliphatic rings. The third kappa shape index (κ3) is 8.07. The molecule has 2 rings (SSSR count). The highest BCUT2D eigenvalue weighted by Crippen LogP contribution is 2.29. The zero-order valence-electron chi connectivity index (χ0n) is 15.9. The van der Waals surface area contributed by atoms with Crippen LogP contribution in [0, 0.1) is 0 Å². The van der Waals surface area contributed by atoms with E-state index in [1.54, 1.807) is 0 Å². The lowest BCUT2D eigenvalue weighted by atomic mass is 10.3. The van der Waals surface area contributed by atoms with Crippen molar-refractivity contribution in [1.29, 1.82) is 0 Å². The molecule has 2 aromatic rings. The lowest BCUT2D eigenvalue weighted by molar-refractivity contribution is -0.118. The summed E-state index contributed by atoms with van der Waals surface area (Å²) in [6.07, 6.45) is 1.81. The first-order valence-electron chi connectivity index (χ1n) is 8.99. The summed E-state index contributed by atoms with van der Waals surface area (Å²) in [5.74, 6) is 1.05. The Morgan fingerprint density at radius 1 is 1.04 bits per heavy atom. The lowest BCUT2D eigenvalue weighted by Crippen LogP contribution is -2.25. The van der Waals surface area contributed by atoms with Crippen LogP contribution >= 0.6 is 34.9 Å². The fraction of sp³-hybridized carbons (Fsp3) is 0.444. The van der Waals surface area contributed by atoms with E-state index >= 15 is 0 Å². The topological polar surface area (TPSA) is 93.2 Å². The molecule has 1 aromatic carbocycles. The number of para-hydroxylation sites is 2. The standard InChI is InChI=1S/C18H24N4O3S3/c1-3-9-19-15(23)11-26-17-21-22-18(28-17)27-12-16(24)20-13-7-5-6-8-14(13)25-10-4-2/h5-8H,3-4,9-12H2,1-2H3,(H,19,23)(H,20,24). The molecule has 152 valence electrons. The van der Waals surface area contributed by atoms with Gasteiger partial charge in [0.15, 0.2) is 8.68 Å². The molecule has 0 saturated carbocycles. The number of aromatic nitrogens is 2. The van der Waals surface area contributed by atoms with E-state index in [0.29, 0.717) is 39.0 Å². The Bertz CT molecular complexity index is 770. The number of nitrogens with one attached hydrogen (secondary N) is 2. The molecular weight excluding hydrogens is 416 g/mol. The van der Waals surface area contributed by atoms with Crippen LogP contribution in [0.25, 0.3) is 0 Å². The molecule has 2 amide bonds. The highest BCUT2D eigenvalue weighted by Gasteiger charge is 2.12. The van der Waals surface area contributed by atoms with Gasteiger partial charge in [-0.1, -0.05) is 60.8 Å². The molecular formula is C18H24N4O3S3. The summed E-state index contributed by atoms with van der Waals surface area (Å²) in [6.45, 7) is 5.32. The summed E-state index contributed by atoms with van der Waals surface area (Å²) in [4.78, 5) is 23.9. The summed E-state index contributed by atoms with van der Waals surface area (Å²) in [7, 11) is 0. The Hall–Kier alpha value is -1.78. The van der Waals surface area contributed by atoms with Crippen molar-refractivity contribution in [2.75, 3.05) is 30.0 Å². The minimum atomic E-state index is -0.138.